The Morgan fingerprint density at radius 1 is 1.42 bits per heavy atom. The van der Waals surface area contributed by atoms with Crippen LogP contribution in [0.4, 0.5) is 4.79 Å². The molecule has 1 fully saturated rings. The van der Waals surface area contributed by atoms with Crippen LogP contribution >= 0.6 is 0 Å². The number of amides is 2. The van der Waals surface area contributed by atoms with Crippen LogP contribution in [0.3, 0.4) is 0 Å². The Kier molecular flexibility index (Phi) is 6.10. The lowest BCUT2D eigenvalue weighted by Crippen LogP contribution is -2.45. The molecule has 1 aromatic carbocycles. The summed E-state index contributed by atoms with van der Waals surface area (Å²) in [6, 6.07) is 7.41. The lowest BCUT2D eigenvalue weighted by molar-refractivity contribution is 0.192. The number of urea groups is 1. The minimum absolute atomic E-state index is 0.0510. The second-order valence-corrected chi connectivity index (χ2v) is 8.70. The molecule has 134 valence electrons. The van der Waals surface area contributed by atoms with Gasteiger partial charge in [-0.15, -0.1) is 0 Å². The molecule has 1 N–H and O–H groups in total. The van der Waals surface area contributed by atoms with Gasteiger partial charge in [-0.1, -0.05) is 26.0 Å². The zero-order valence-electron chi connectivity index (χ0n) is 14.5. The fourth-order valence-electron chi connectivity index (χ4n) is 2.66. The fourth-order valence-corrected chi connectivity index (χ4v) is 4.44. The number of carbonyl (C=O) groups excluding carboxylic acids is 1. The topological polar surface area (TPSA) is 75.7 Å². The second kappa shape index (κ2) is 7.88. The van der Waals surface area contributed by atoms with E-state index in [2.05, 4.69) is 25.2 Å². The number of benzene rings is 1. The van der Waals surface area contributed by atoms with Crippen molar-refractivity contribution in [3.8, 4) is 5.75 Å². The Morgan fingerprint density at radius 3 is 2.79 bits per heavy atom. The summed E-state index contributed by atoms with van der Waals surface area (Å²) in [5.41, 5.74) is 1.21. The number of nitrogens with zero attached hydrogens (tertiary/aromatic N) is 1. The lowest BCUT2D eigenvalue weighted by atomic mass is 10.0. The Hall–Kier alpha value is -1.76. The summed E-state index contributed by atoms with van der Waals surface area (Å²) in [7, 11) is -1.36. The van der Waals surface area contributed by atoms with Crippen LogP contribution in [0.2, 0.25) is 0 Å². The molecule has 1 aromatic rings. The van der Waals surface area contributed by atoms with E-state index < -0.39 is 9.84 Å². The number of nitrogens with one attached hydrogen (secondary N) is 1. The SMILES string of the molecule is CC(C)c1cccc(OCCNC(=O)N(C)C2CCS(=O)(=O)C2)c1. The largest absolute Gasteiger partial charge is 0.492 e. The molecule has 1 aliphatic rings. The number of ether oxygens (including phenoxy) is 1. The fraction of sp³-hybridized carbons (Fsp3) is 0.588. The van der Waals surface area contributed by atoms with E-state index >= 15 is 0 Å². The molecular weight excluding hydrogens is 328 g/mol. The molecule has 0 saturated carbocycles. The number of rotatable bonds is 6. The molecule has 0 aromatic heterocycles. The zero-order valence-corrected chi connectivity index (χ0v) is 15.3. The number of hydrogen-bond donors (Lipinski definition) is 1. The summed E-state index contributed by atoms with van der Waals surface area (Å²) in [4.78, 5) is 13.5. The molecule has 1 heterocycles. The molecule has 1 saturated heterocycles. The Labute approximate surface area is 144 Å². The monoisotopic (exact) mass is 354 g/mol. The number of carbonyl (C=O) groups is 1. The lowest BCUT2D eigenvalue weighted by Gasteiger charge is -2.23. The molecule has 24 heavy (non-hydrogen) atoms. The van der Waals surface area contributed by atoms with Crippen molar-refractivity contribution < 1.29 is 17.9 Å². The van der Waals surface area contributed by atoms with Crippen molar-refractivity contribution in [3.63, 3.8) is 0 Å². The maximum absolute atomic E-state index is 12.1. The van der Waals surface area contributed by atoms with Gasteiger partial charge in [-0.25, -0.2) is 13.2 Å². The van der Waals surface area contributed by atoms with Crippen molar-refractivity contribution >= 4 is 15.9 Å². The van der Waals surface area contributed by atoms with Crippen LogP contribution in [-0.4, -0.2) is 57.1 Å². The summed E-state index contributed by atoms with van der Waals surface area (Å²) in [6.45, 7) is 4.98. The molecule has 2 rings (SSSR count). The summed E-state index contributed by atoms with van der Waals surface area (Å²) < 4.78 is 28.6. The molecule has 1 aliphatic heterocycles. The highest BCUT2D eigenvalue weighted by Crippen LogP contribution is 2.20. The van der Waals surface area contributed by atoms with E-state index in [1.54, 1.807) is 7.05 Å². The third-order valence-corrected chi connectivity index (χ3v) is 6.00. The third-order valence-electron chi connectivity index (χ3n) is 4.25. The predicted octanol–water partition coefficient (Wildman–Crippen LogP) is 2.02. The van der Waals surface area contributed by atoms with E-state index in [4.69, 9.17) is 4.74 Å². The van der Waals surface area contributed by atoms with E-state index in [1.165, 1.54) is 10.5 Å². The maximum Gasteiger partial charge on any atom is 0.317 e. The first-order valence-electron chi connectivity index (χ1n) is 8.22. The summed E-state index contributed by atoms with van der Waals surface area (Å²) in [5.74, 6) is 1.43. The van der Waals surface area contributed by atoms with Crippen LogP contribution in [0.15, 0.2) is 24.3 Å². The third kappa shape index (κ3) is 5.12. The van der Waals surface area contributed by atoms with Gasteiger partial charge in [0.15, 0.2) is 9.84 Å². The minimum atomic E-state index is -2.99. The number of hydrogen-bond acceptors (Lipinski definition) is 4. The molecule has 0 radical (unpaired) electrons. The van der Waals surface area contributed by atoms with Crippen molar-refractivity contribution in [3.05, 3.63) is 29.8 Å². The molecule has 7 heteroatoms. The highest BCUT2D eigenvalue weighted by Gasteiger charge is 2.32. The summed E-state index contributed by atoms with van der Waals surface area (Å²) in [6.07, 6.45) is 0.505. The maximum atomic E-state index is 12.1. The van der Waals surface area contributed by atoms with Gasteiger partial charge in [-0.05, 0) is 30.0 Å². The predicted molar refractivity (Wildman–Crippen MR) is 94.2 cm³/mol. The van der Waals surface area contributed by atoms with E-state index in [9.17, 15) is 13.2 Å². The molecule has 0 bridgehead atoms. The van der Waals surface area contributed by atoms with Crippen molar-refractivity contribution in [2.75, 3.05) is 31.7 Å². The van der Waals surface area contributed by atoms with Gasteiger partial charge >= 0.3 is 6.03 Å². The Morgan fingerprint density at radius 2 is 2.17 bits per heavy atom. The van der Waals surface area contributed by atoms with Gasteiger partial charge in [0.2, 0.25) is 0 Å². The quantitative estimate of drug-likeness (QED) is 0.793. The van der Waals surface area contributed by atoms with Crippen LogP contribution in [0.25, 0.3) is 0 Å². The number of sulfone groups is 1. The van der Waals surface area contributed by atoms with Gasteiger partial charge in [0.05, 0.1) is 18.1 Å². The summed E-state index contributed by atoms with van der Waals surface area (Å²) >= 11 is 0. The van der Waals surface area contributed by atoms with E-state index in [1.807, 2.05) is 18.2 Å². The van der Waals surface area contributed by atoms with Gasteiger partial charge in [-0.3, -0.25) is 0 Å². The van der Waals surface area contributed by atoms with Gasteiger partial charge in [0.1, 0.15) is 12.4 Å². The zero-order chi connectivity index (χ0) is 17.7. The van der Waals surface area contributed by atoms with Gasteiger partial charge in [-0.2, -0.15) is 0 Å². The first-order valence-corrected chi connectivity index (χ1v) is 10.0. The van der Waals surface area contributed by atoms with Crippen LogP contribution in [0.5, 0.6) is 5.75 Å². The molecule has 1 unspecified atom stereocenters. The van der Waals surface area contributed by atoms with E-state index in [0.29, 0.717) is 25.5 Å². The van der Waals surface area contributed by atoms with E-state index in [0.717, 1.165) is 5.75 Å². The van der Waals surface area contributed by atoms with Crippen molar-refractivity contribution in [1.29, 1.82) is 0 Å². The van der Waals surface area contributed by atoms with Crippen molar-refractivity contribution in [1.82, 2.24) is 10.2 Å². The Balaban J connectivity index is 1.74. The smallest absolute Gasteiger partial charge is 0.317 e. The highest BCUT2D eigenvalue weighted by molar-refractivity contribution is 7.91. The summed E-state index contributed by atoms with van der Waals surface area (Å²) in [5, 5.41) is 2.76. The highest BCUT2D eigenvalue weighted by atomic mass is 32.2. The first-order chi connectivity index (χ1) is 11.3. The molecule has 1 atom stereocenters. The normalized spacial score (nSPS) is 19.2. The van der Waals surface area contributed by atoms with Crippen LogP contribution in [0.1, 0.15) is 31.7 Å². The first kappa shape index (κ1) is 18.6. The van der Waals surface area contributed by atoms with E-state index in [-0.39, 0.29) is 23.6 Å². The molecule has 0 spiro atoms. The van der Waals surface area contributed by atoms with Crippen LogP contribution in [-0.2, 0) is 9.84 Å². The van der Waals surface area contributed by atoms with Crippen LogP contribution in [0, 0.1) is 0 Å². The molecule has 0 aliphatic carbocycles. The van der Waals surface area contributed by atoms with Crippen molar-refractivity contribution in [2.45, 2.75) is 32.2 Å². The minimum Gasteiger partial charge on any atom is -0.492 e. The van der Waals surface area contributed by atoms with Crippen molar-refractivity contribution in [2.24, 2.45) is 0 Å². The van der Waals surface area contributed by atoms with Gasteiger partial charge in [0, 0.05) is 13.1 Å². The molecule has 2 amide bonds. The molecule has 6 nitrogen and oxygen atoms in total. The Bertz CT molecular complexity index is 673. The standard InChI is InChI=1S/C17H26N2O4S/c1-13(2)14-5-4-6-16(11-14)23-9-8-18-17(20)19(3)15-7-10-24(21,22)12-15/h4-6,11,13,15H,7-10,12H2,1-3H3,(H,18,20). The molecular formula is C17H26N2O4S. The average molecular weight is 354 g/mol. The van der Waals surface area contributed by atoms with Gasteiger partial charge < -0.3 is 15.0 Å². The second-order valence-electron chi connectivity index (χ2n) is 6.48. The van der Waals surface area contributed by atoms with Crippen LogP contribution < -0.4 is 10.1 Å². The van der Waals surface area contributed by atoms with Gasteiger partial charge in [0.25, 0.3) is 0 Å². The average Bonchev–Trinajstić information content (AvgIpc) is 2.91.